The summed E-state index contributed by atoms with van der Waals surface area (Å²) < 4.78 is 30.0. The summed E-state index contributed by atoms with van der Waals surface area (Å²) in [7, 11) is 1.23. The van der Waals surface area contributed by atoms with Crippen LogP contribution in [0.2, 0.25) is 0 Å². The minimum atomic E-state index is -2.79. The minimum Gasteiger partial charge on any atom is -0.480 e. The quantitative estimate of drug-likeness (QED) is 0.756. The Morgan fingerprint density at radius 2 is 2.20 bits per heavy atom. The number of aromatic nitrogens is 1. The van der Waals surface area contributed by atoms with Gasteiger partial charge in [0.05, 0.1) is 7.11 Å². The fraction of sp³-hybridized carbons (Fsp3) is 0.333. The minimum absolute atomic E-state index is 0.184. The average Bonchev–Trinajstić information content (AvgIpc) is 2.16. The van der Waals surface area contributed by atoms with Crippen LogP contribution in [-0.4, -0.2) is 17.3 Å². The largest absolute Gasteiger partial charge is 0.480 e. The number of ether oxygens (including phenoxy) is 1. The van der Waals surface area contributed by atoms with Crippen LogP contribution in [0.5, 0.6) is 5.88 Å². The zero-order chi connectivity index (χ0) is 11.6. The fourth-order valence-electron chi connectivity index (χ4n) is 1.23. The van der Waals surface area contributed by atoms with Gasteiger partial charge in [-0.1, -0.05) is 0 Å². The molecular formula is C9H8ClF2NO2. The Morgan fingerprint density at radius 3 is 2.60 bits per heavy atom. The highest BCUT2D eigenvalue weighted by Crippen LogP contribution is 2.31. The van der Waals surface area contributed by atoms with Crippen LogP contribution in [0, 0.1) is 6.92 Å². The summed E-state index contributed by atoms with van der Waals surface area (Å²) in [5, 5.41) is -1.00. The van der Waals surface area contributed by atoms with Crippen LogP contribution < -0.4 is 4.74 Å². The molecule has 0 aliphatic carbocycles. The number of rotatable bonds is 3. The average molecular weight is 236 g/mol. The Morgan fingerprint density at radius 1 is 1.60 bits per heavy atom. The number of alkyl halides is 2. The highest BCUT2D eigenvalue weighted by Gasteiger charge is 2.24. The van der Waals surface area contributed by atoms with Crippen LogP contribution >= 0.6 is 11.6 Å². The predicted octanol–water partition coefficient (Wildman–Crippen LogP) is 2.72. The van der Waals surface area contributed by atoms with Crippen LogP contribution in [0.3, 0.4) is 0 Å². The lowest BCUT2D eigenvalue weighted by molar-refractivity contribution is 0.106. The SMILES string of the molecule is COc1ncc(C)c(C(F)F)c1C(=O)Cl. The van der Waals surface area contributed by atoms with E-state index in [1.165, 1.54) is 20.2 Å². The Hall–Kier alpha value is -1.23. The lowest BCUT2D eigenvalue weighted by Crippen LogP contribution is -2.06. The number of methoxy groups -OCH3 is 1. The van der Waals surface area contributed by atoms with Gasteiger partial charge in [-0.15, -0.1) is 0 Å². The van der Waals surface area contributed by atoms with Crippen LogP contribution in [0.4, 0.5) is 8.78 Å². The maximum absolute atomic E-state index is 12.7. The molecule has 82 valence electrons. The fourth-order valence-corrected chi connectivity index (χ4v) is 1.41. The van der Waals surface area contributed by atoms with E-state index in [4.69, 9.17) is 16.3 Å². The molecule has 15 heavy (non-hydrogen) atoms. The molecule has 0 aromatic carbocycles. The Kier molecular flexibility index (Phi) is 3.57. The smallest absolute Gasteiger partial charge is 0.265 e. The number of hydrogen-bond acceptors (Lipinski definition) is 3. The summed E-state index contributed by atoms with van der Waals surface area (Å²) in [4.78, 5) is 14.7. The van der Waals surface area contributed by atoms with Gasteiger partial charge in [-0.3, -0.25) is 4.79 Å². The molecule has 1 rings (SSSR count). The van der Waals surface area contributed by atoms with Crippen LogP contribution in [0.1, 0.15) is 27.9 Å². The molecule has 3 nitrogen and oxygen atoms in total. The van der Waals surface area contributed by atoms with Gasteiger partial charge in [0.2, 0.25) is 5.88 Å². The summed E-state index contributed by atoms with van der Waals surface area (Å²) in [6.45, 7) is 1.43. The van der Waals surface area contributed by atoms with Gasteiger partial charge in [0.25, 0.3) is 11.7 Å². The third kappa shape index (κ3) is 2.23. The first-order chi connectivity index (χ1) is 6.99. The highest BCUT2D eigenvalue weighted by atomic mass is 35.5. The van der Waals surface area contributed by atoms with Crippen LogP contribution in [0.25, 0.3) is 0 Å². The second-order valence-electron chi connectivity index (χ2n) is 2.81. The van der Waals surface area contributed by atoms with Gasteiger partial charge < -0.3 is 4.74 Å². The molecule has 0 spiro atoms. The van der Waals surface area contributed by atoms with Crippen molar-refractivity contribution in [2.45, 2.75) is 13.3 Å². The first kappa shape index (κ1) is 11.8. The maximum Gasteiger partial charge on any atom is 0.265 e. The van der Waals surface area contributed by atoms with Crippen molar-refractivity contribution < 1.29 is 18.3 Å². The molecule has 0 unspecified atom stereocenters. The van der Waals surface area contributed by atoms with Crippen molar-refractivity contribution in [2.24, 2.45) is 0 Å². The third-order valence-corrected chi connectivity index (χ3v) is 2.08. The van der Waals surface area contributed by atoms with E-state index >= 15 is 0 Å². The maximum atomic E-state index is 12.7. The van der Waals surface area contributed by atoms with Crippen molar-refractivity contribution in [2.75, 3.05) is 7.11 Å². The molecule has 1 heterocycles. The molecule has 1 aromatic heterocycles. The molecule has 0 aliphatic heterocycles. The summed E-state index contributed by atoms with van der Waals surface area (Å²) >= 11 is 5.22. The molecule has 0 atom stereocenters. The predicted molar refractivity (Wildman–Crippen MR) is 50.7 cm³/mol. The van der Waals surface area contributed by atoms with Gasteiger partial charge in [0, 0.05) is 11.8 Å². The molecule has 0 radical (unpaired) electrons. The zero-order valence-corrected chi connectivity index (χ0v) is 8.81. The third-order valence-electron chi connectivity index (χ3n) is 1.89. The molecule has 0 bridgehead atoms. The summed E-state index contributed by atoms with van der Waals surface area (Å²) in [6.07, 6.45) is -1.58. The van der Waals surface area contributed by atoms with Crippen molar-refractivity contribution in [3.63, 3.8) is 0 Å². The number of hydrogen-bond donors (Lipinski definition) is 0. The van der Waals surface area contributed by atoms with E-state index in [0.717, 1.165) is 0 Å². The van der Waals surface area contributed by atoms with E-state index in [9.17, 15) is 13.6 Å². The monoisotopic (exact) mass is 235 g/mol. The topological polar surface area (TPSA) is 39.2 Å². The van der Waals surface area contributed by atoms with Crippen molar-refractivity contribution >= 4 is 16.8 Å². The van der Waals surface area contributed by atoms with Gasteiger partial charge in [-0.25, -0.2) is 13.8 Å². The standard InChI is InChI=1S/C9H8ClF2NO2/c1-4-3-13-9(15-2)6(7(10)14)5(4)8(11)12/h3,8H,1-2H3. The van der Waals surface area contributed by atoms with Gasteiger partial charge in [-0.05, 0) is 24.1 Å². The Bertz CT molecular complexity index is 396. The number of halogens is 3. The summed E-state index contributed by atoms with van der Waals surface area (Å²) in [6, 6.07) is 0. The molecule has 0 amide bonds. The second-order valence-corrected chi connectivity index (χ2v) is 3.16. The van der Waals surface area contributed by atoms with Crippen molar-refractivity contribution in [3.05, 3.63) is 22.9 Å². The second kappa shape index (κ2) is 4.53. The van der Waals surface area contributed by atoms with E-state index in [1.807, 2.05) is 0 Å². The zero-order valence-electron chi connectivity index (χ0n) is 8.05. The van der Waals surface area contributed by atoms with E-state index in [2.05, 4.69) is 4.98 Å². The van der Waals surface area contributed by atoms with Gasteiger partial charge >= 0.3 is 0 Å². The van der Waals surface area contributed by atoms with Gasteiger partial charge in [0.15, 0.2) is 0 Å². The first-order valence-corrected chi connectivity index (χ1v) is 4.38. The number of carbonyl (C=O) groups excluding carboxylic acids is 1. The molecule has 0 fully saturated rings. The molecule has 0 N–H and O–H groups in total. The molecule has 6 heteroatoms. The normalized spacial score (nSPS) is 10.5. The highest BCUT2D eigenvalue weighted by molar-refractivity contribution is 6.68. The van der Waals surface area contributed by atoms with Crippen molar-refractivity contribution in [1.82, 2.24) is 4.98 Å². The molecule has 0 aliphatic rings. The van der Waals surface area contributed by atoms with E-state index in [-0.39, 0.29) is 17.0 Å². The Balaban J connectivity index is 3.51. The molecular weight excluding hydrogens is 228 g/mol. The van der Waals surface area contributed by atoms with Crippen LogP contribution in [-0.2, 0) is 0 Å². The molecule has 1 aromatic rings. The number of pyridine rings is 1. The summed E-state index contributed by atoms with van der Waals surface area (Å²) in [5.41, 5.74) is -0.592. The van der Waals surface area contributed by atoms with Gasteiger partial charge in [0.1, 0.15) is 5.56 Å². The van der Waals surface area contributed by atoms with Gasteiger partial charge in [-0.2, -0.15) is 0 Å². The number of aryl methyl sites for hydroxylation is 1. The molecule has 0 saturated heterocycles. The van der Waals surface area contributed by atoms with Crippen LogP contribution in [0.15, 0.2) is 6.20 Å². The number of carbonyl (C=O) groups is 1. The lowest BCUT2D eigenvalue weighted by atomic mass is 10.1. The van der Waals surface area contributed by atoms with Crippen molar-refractivity contribution in [3.8, 4) is 5.88 Å². The van der Waals surface area contributed by atoms with E-state index < -0.39 is 17.2 Å². The first-order valence-electron chi connectivity index (χ1n) is 4.00. The number of nitrogens with zero attached hydrogens (tertiary/aromatic N) is 1. The van der Waals surface area contributed by atoms with Crippen molar-refractivity contribution in [1.29, 1.82) is 0 Å². The molecule has 0 saturated carbocycles. The van der Waals surface area contributed by atoms with E-state index in [0.29, 0.717) is 0 Å². The lowest BCUT2D eigenvalue weighted by Gasteiger charge is -2.11. The Labute approximate surface area is 90.0 Å². The summed E-state index contributed by atoms with van der Waals surface area (Å²) in [5.74, 6) is -0.184. The van der Waals surface area contributed by atoms with E-state index in [1.54, 1.807) is 0 Å².